The second-order valence-electron chi connectivity index (χ2n) is 5.37. The summed E-state index contributed by atoms with van der Waals surface area (Å²) in [7, 11) is 0. The van der Waals surface area contributed by atoms with Crippen LogP contribution in [0.25, 0.3) is 0 Å². The van der Waals surface area contributed by atoms with Crippen molar-refractivity contribution in [3.63, 3.8) is 0 Å². The van der Waals surface area contributed by atoms with Crippen LogP contribution in [0.5, 0.6) is 0 Å². The Morgan fingerprint density at radius 1 is 1.53 bits per heavy atom. The van der Waals surface area contributed by atoms with Gasteiger partial charge in [-0.1, -0.05) is 11.6 Å². The number of hydrogen-bond donors (Lipinski definition) is 2. The van der Waals surface area contributed by atoms with Crippen LogP contribution in [0.15, 0.2) is 12.3 Å². The van der Waals surface area contributed by atoms with Crippen molar-refractivity contribution in [2.75, 3.05) is 24.6 Å². The molecule has 0 radical (unpaired) electrons. The molecule has 5 nitrogen and oxygen atoms in total. The van der Waals surface area contributed by atoms with Crippen molar-refractivity contribution < 1.29 is 14.9 Å². The maximum Gasteiger partial charge on any atom is 0.147 e. The van der Waals surface area contributed by atoms with Gasteiger partial charge in [0.25, 0.3) is 0 Å². The van der Waals surface area contributed by atoms with Gasteiger partial charge in [-0.3, -0.25) is 0 Å². The van der Waals surface area contributed by atoms with Crippen LogP contribution < -0.4 is 4.90 Å². The minimum absolute atomic E-state index is 0.0354. The Labute approximate surface area is 117 Å². The molecule has 1 saturated heterocycles. The van der Waals surface area contributed by atoms with E-state index in [1.54, 1.807) is 12.3 Å². The molecule has 0 spiro atoms. The number of anilines is 1. The Bertz CT molecular complexity index is 454. The maximum absolute atomic E-state index is 9.30. The Morgan fingerprint density at radius 2 is 2.26 bits per heavy atom. The SMILES string of the molecule is CC1(C)CN(c2ncc(CO)cc2Cl)CC(CO)O1. The van der Waals surface area contributed by atoms with Crippen LogP contribution in [0.4, 0.5) is 5.82 Å². The van der Waals surface area contributed by atoms with E-state index < -0.39 is 0 Å². The summed E-state index contributed by atoms with van der Waals surface area (Å²) in [5.74, 6) is 0.661. The molecule has 0 aliphatic carbocycles. The molecule has 0 bridgehead atoms. The van der Waals surface area contributed by atoms with Gasteiger partial charge in [0.05, 0.1) is 29.9 Å². The van der Waals surface area contributed by atoms with Gasteiger partial charge in [-0.15, -0.1) is 0 Å². The number of aliphatic hydroxyl groups is 2. The van der Waals surface area contributed by atoms with Crippen molar-refractivity contribution >= 4 is 17.4 Å². The molecule has 1 aliphatic heterocycles. The highest BCUT2D eigenvalue weighted by Gasteiger charge is 2.34. The summed E-state index contributed by atoms with van der Waals surface area (Å²) in [6.45, 7) is 5.02. The Balaban J connectivity index is 2.25. The van der Waals surface area contributed by atoms with Crippen molar-refractivity contribution in [3.05, 3.63) is 22.8 Å². The molecule has 0 amide bonds. The number of ether oxygens (including phenoxy) is 1. The van der Waals surface area contributed by atoms with E-state index in [-0.39, 0.29) is 24.9 Å². The van der Waals surface area contributed by atoms with Gasteiger partial charge >= 0.3 is 0 Å². The van der Waals surface area contributed by atoms with E-state index in [0.29, 0.717) is 29.5 Å². The van der Waals surface area contributed by atoms with E-state index >= 15 is 0 Å². The van der Waals surface area contributed by atoms with Gasteiger partial charge in [0.1, 0.15) is 5.82 Å². The zero-order valence-electron chi connectivity index (χ0n) is 11.1. The maximum atomic E-state index is 9.30. The van der Waals surface area contributed by atoms with Gasteiger partial charge < -0.3 is 19.8 Å². The summed E-state index contributed by atoms with van der Waals surface area (Å²) in [4.78, 5) is 6.31. The molecule has 1 aliphatic rings. The average Bonchev–Trinajstić information content (AvgIpc) is 2.36. The molecule has 0 saturated carbocycles. The smallest absolute Gasteiger partial charge is 0.147 e. The number of halogens is 1. The zero-order chi connectivity index (χ0) is 14.0. The van der Waals surface area contributed by atoms with E-state index in [1.165, 1.54) is 0 Å². The first-order chi connectivity index (χ1) is 8.95. The molecular formula is C13H19ClN2O3. The van der Waals surface area contributed by atoms with Crippen LogP contribution in [-0.2, 0) is 11.3 Å². The Hall–Kier alpha value is -0.880. The summed E-state index contributed by atoms with van der Waals surface area (Å²) in [5, 5.41) is 18.9. The van der Waals surface area contributed by atoms with Gasteiger partial charge in [0.15, 0.2) is 0 Å². The van der Waals surface area contributed by atoms with Crippen LogP contribution in [0, 0.1) is 0 Å². The topological polar surface area (TPSA) is 65.8 Å². The van der Waals surface area contributed by atoms with E-state index in [1.807, 2.05) is 18.7 Å². The highest BCUT2D eigenvalue weighted by Crippen LogP contribution is 2.30. The highest BCUT2D eigenvalue weighted by molar-refractivity contribution is 6.33. The van der Waals surface area contributed by atoms with Crippen LogP contribution in [0.1, 0.15) is 19.4 Å². The quantitative estimate of drug-likeness (QED) is 0.874. The van der Waals surface area contributed by atoms with Gasteiger partial charge in [0.2, 0.25) is 0 Å². The molecule has 6 heteroatoms. The standard InChI is InChI=1S/C13H19ClN2O3/c1-13(2)8-16(5-10(7-18)19-13)12-11(14)3-9(6-17)4-15-12/h3-4,10,17-18H,5-8H2,1-2H3. The summed E-state index contributed by atoms with van der Waals surface area (Å²) >= 11 is 6.21. The number of aromatic nitrogens is 1. The average molecular weight is 287 g/mol. The first-order valence-corrected chi connectivity index (χ1v) is 6.62. The summed E-state index contributed by atoms with van der Waals surface area (Å²) < 4.78 is 5.76. The molecule has 1 atom stereocenters. The number of nitrogens with zero attached hydrogens (tertiary/aromatic N) is 2. The molecule has 2 heterocycles. The molecule has 19 heavy (non-hydrogen) atoms. The first kappa shape index (κ1) is 14.5. The second kappa shape index (κ2) is 5.63. The molecular weight excluding hydrogens is 268 g/mol. The van der Waals surface area contributed by atoms with E-state index in [0.717, 1.165) is 0 Å². The molecule has 1 aromatic heterocycles. The van der Waals surface area contributed by atoms with Crippen molar-refractivity contribution in [1.82, 2.24) is 4.98 Å². The third-order valence-corrected chi connectivity index (χ3v) is 3.32. The molecule has 1 aromatic rings. The first-order valence-electron chi connectivity index (χ1n) is 6.24. The fourth-order valence-corrected chi connectivity index (χ4v) is 2.65. The number of rotatable bonds is 3. The molecule has 106 valence electrons. The monoisotopic (exact) mass is 286 g/mol. The van der Waals surface area contributed by atoms with Crippen LogP contribution >= 0.6 is 11.6 Å². The summed E-state index contributed by atoms with van der Waals surface area (Å²) in [6, 6.07) is 1.71. The Kier molecular flexibility index (Phi) is 4.30. The number of pyridine rings is 1. The number of hydrogen-bond acceptors (Lipinski definition) is 5. The van der Waals surface area contributed by atoms with Crippen LogP contribution in [0.3, 0.4) is 0 Å². The lowest BCUT2D eigenvalue weighted by molar-refractivity contribution is -0.101. The largest absolute Gasteiger partial charge is 0.394 e. The summed E-state index contributed by atoms with van der Waals surface area (Å²) in [6.07, 6.45) is 1.36. The minimum atomic E-state index is -0.369. The van der Waals surface area contributed by atoms with E-state index in [4.69, 9.17) is 21.4 Å². The third-order valence-electron chi connectivity index (χ3n) is 3.05. The number of morpholine rings is 1. The van der Waals surface area contributed by atoms with Gasteiger partial charge in [-0.2, -0.15) is 0 Å². The van der Waals surface area contributed by atoms with Crippen molar-refractivity contribution in [2.45, 2.75) is 32.2 Å². The second-order valence-corrected chi connectivity index (χ2v) is 5.78. The van der Waals surface area contributed by atoms with E-state index in [9.17, 15) is 5.11 Å². The predicted molar refractivity (Wildman–Crippen MR) is 73.4 cm³/mol. The van der Waals surface area contributed by atoms with Gasteiger partial charge in [-0.25, -0.2) is 4.98 Å². The lowest BCUT2D eigenvalue weighted by Gasteiger charge is -2.43. The molecule has 1 unspecified atom stereocenters. The number of aliphatic hydroxyl groups excluding tert-OH is 2. The van der Waals surface area contributed by atoms with E-state index in [2.05, 4.69) is 4.98 Å². The third kappa shape index (κ3) is 3.36. The van der Waals surface area contributed by atoms with Crippen LogP contribution in [0.2, 0.25) is 5.02 Å². The van der Waals surface area contributed by atoms with Crippen molar-refractivity contribution in [3.8, 4) is 0 Å². The lowest BCUT2D eigenvalue weighted by atomic mass is 10.1. The fraction of sp³-hybridized carbons (Fsp3) is 0.615. The normalized spacial score (nSPS) is 22.6. The predicted octanol–water partition coefficient (Wildman–Crippen LogP) is 1.20. The zero-order valence-corrected chi connectivity index (χ0v) is 11.9. The van der Waals surface area contributed by atoms with Crippen molar-refractivity contribution in [2.24, 2.45) is 0 Å². The fourth-order valence-electron chi connectivity index (χ4n) is 2.34. The lowest BCUT2D eigenvalue weighted by Crippen LogP contribution is -2.54. The minimum Gasteiger partial charge on any atom is -0.394 e. The molecule has 1 fully saturated rings. The highest BCUT2D eigenvalue weighted by atomic mass is 35.5. The molecule has 2 rings (SSSR count). The van der Waals surface area contributed by atoms with Crippen molar-refractivity contribution in [1.29, 1.82) is 0 Å². The van der Waals surface area contributed by atoms with Crippen LogP contribution in [-0.4, -0.2) is 46.6 Å². The van der Waals surface area contributed by atoms with Gasteiger partial charge in [-0.05, 0) is 25.5 Å². The Morgan fingerprint density at radius 3 is 2.84 bits per heavy atom. The van der Waals surface area contributed by atoms with Gasteiger partial charge in [0, 0.05) is 19.3 Å². The summed E-state index contributed by atoms with van der Waals surface area (Å²) in [5.41, 5.74) is 0.312. The molecule has 2 N–H and O–H groups in total. The molecule has 0 aromatic carbocycles.